The number of rotatable bonds is 2. The molecule has 5 heteroatoms. The molecule has 130 valence electrons. The van der Waals surface area contributed by atoms with Gasteiger partial charge in [0.2, 0.25) is 0 Å². The van der Waals surface area contributed by atoms with Crippen molar-refractivity contribution in [3.05, 3.63) is 65.2 Å². The van der Waals surface area contributed by atoms with Gasteiger partial charge in [0.25, 0.3) is 5.91 Å². The summed E-state index contributed by atoms with van der Waals surface area (Å²) in [6.07, 6.45) is 0. The summed E-state index contributed by atoms with van der Waals surface area (Å²) < 4.78 is 0. The zero-order chi connectivity index (χ0) is 17.8. The monoisotopic (exact) mass is 353 g/mol. The van der Waals surface area contributed by atoms with Crippen LogP contribution in [0.5, 0.6) is 0 Å². The Morgan fingerprint density at radius 3 is 2.32 bits per heavy atom. The SMILES string of the molecule is Cc1ccc(N2CCN(C(=S)NC(=O)c3ccccc3)CC2)c(C)c1. The lowest BCUT2D eigenvalue weighted by Gasteiger charge is -2.38. The molecule has 1 amide bonds. The molecule has 1 fully saturated rings. The van der Waals surface area contributed by atoms with Crippen LogP contribution in [0.3, 0.4) is 0 Å². The summed E-state index contributed by atoms with van der Waals surface area (Å²) in [6, 6.07) is 15.7. The average Bonchev–Trinajstić information content (AvgIpc) is 2.62. The predicted octanol–water partition coefficient (Wildman–Crippen LogP) is 3.14. The van der Waals surface area contributed by atoms with Gasteiger partial charge < -0.3 is 9.80 Å². The third kappa shape index (κ3) is 4.17. The molecule has 1 heterocycles. The number of thiocarbonyl (C=S) groups is 1. The summed E-state index contributed by atoms with van der Waals surface area (Å²) in [6.45, 7) is 7.67. The third-order valence-electron chi connectivity index (χ3n) is 4.52. The highest BCUT2D eigenvalue weighted by Gasteiger charge is 2.21. The molecule has 0 aliphatic carbocycles. The molecule has 1 N–H and O–H groups in total. The second-order valence-electron chi connectivity index (χ2n) is 6.39. The Morgan fingerprint density at radius 1 is 1.00 bits per heavy atom. The number of hydrogen-bond donors (Lipinski definition) is 1. The number of nitrogens with one attached hydrogen (secondary N) is 1. The minimum atomic E-state index is -0.151. The van der Waals surface area contributed by atoms with Crippen molar-refractivity contribution in [3.63, 3.8) is 0 Å². The van der Waals surface area contributed by atoms with Crippen molar-refractivity contribution in [2.24, 2.45) is 0 Å². The molecule has 0 saturated carbocycles. The van der Waals surface area contributed by atoms with Crippen LogP contribution in [0.4, 0.5) is 5.69 Å². The Morgan fingerprint density at radius 2 is 1.68 bits per heavy atom. The van der Waals surface area contributed by atoms with Gasteiger partial charge in [-0.05, 0) is 49.8 Å². The third-order valence-corrected chi connectivity index (χ3v) is 4.88. The summed E-state index contributed by atoms with van der Waals surface area (Å²) in [5, 5.41) is 3.35. The maximum atomic E-state index is 12.2. The van der Waals surface area contributed by atoms with Crippen molar-refractivity contribution in [2.75, 3.05) is 31.1 Å². The van der Waals surface area contributed by atoms with Crippen LogP contribution in [-0.4, -0.2) is 42.1 Å². The Balaban J connectivity index is 1.56. The molecule has 1 saturated heterocycles. The largest absolute Gasteiger partial charge is 0.368 e. The fraction of sp³-hybridized carbons (Fsp3) is 0.300. The Bertz CT molecular complexity index is 768. The number of nitrogens with zero attached hydrogens (tertiary/aromatic N) is 2. The van der Waals surface area contributed by atoms with E-state index in [0.717, 1.165) is 26.2 Å². The minimum Gasteiger partial charge on any atom is -0.368 e. The molecule has 4 nitrogen and oxygen atoms in total. The molecule has 0 aromatic heterocycles. The molecule has 0 atom stereocenters. The standard InChI is InChI=1S/C20H23N3OS/c1-15-8-9-18(16(2)14-15)22-10-12-23(13-11-22)20(25)21-19(24)17-6-4-3-5-7-17/h3-9,14H,10-13H2,1-2H3,(H,21,24,25). The van der Waals surface area contributed by atoms with Crippen LogP contribution in [0.1, 0.15) is 21.5 Å². The normalized spacial score (nSPS) is 14.3. The van der Waals surface area contributed by atoms with Crippen molar-refractivity contribution in [1.29, 1.82) is 0 Å². The maximum Gasteiger partial charge on any atom is 0.257 e. The van der Waals surface area contributed by atoms with Gasteiger partial charge in [-0.1, -0.05) is 35.9 Å². The van der Waals surface area contributed by atoms with E-state index in [0.29, 0.717) is 10.7 Å². The summed E-state index contributed by atoms with van der Waals surface area (Å²) in [7, 11) is 0. The predicted molar refractivity (Wildman–Crippen MR) is 106 cm³/mol. The molecule has 0 spiro atoms. The van der Waals surface area contributed by atoms with E-state index < -0.39 is 0 Å². The van der Waals surface area contributed by atoms with E-state index in [9.17, 15) is 4.79 Å². The van der Waals surface area contributed by atoms with Gasteiger partial charge in [-0.3, -0.25) is 10.1 Å². The van der Waals surface area contributed by atoms with Gasteiger partial charge in [-0.25, -0.2) is 0 Å². The Kier molecular flexibility index (Phi) is 5.34. The van der Waals surface area contributed by atoms with Gasteiger partial charge in [0.05, 0.1) is 0 Å². The molecule has 0 bridgehead atoms. The van der Waals surface area contributed by atoms with Crippen LogP contribution >= 0.6 is 12.2 Å². The first-order valence-corrected chi connectivity index (χ1v) is 8.93. The fourth-order valence-corrected chi connectivity index (χ4v) is 3.42. The van der Waals surface area contributed by atoms with Crippen LogP contribution in [0, 0.1) is 13.8 Å². The van der Waals surface area contributed by atoms with E-state index in [4.69, 9.17) is 12.2 Å². The molecule has 2 aromatic rings. The quantitative estimate of drug-likeness (QED) is 0.842. The first-order chi connectivity index (χ1) is 12.0. The molecule has 1 aliphatic heterocycles. The second kappa shape index (κ2) is 7.66. The van der Waals surface area contributed by atoms with Gasteiger partial charge in [0, 0.05) is 37.4 Å². The van der Waals surface area contributed by atoms with Gasteiger partial charge in [0.1, 0.15) is 0 Å². The summed E-state index contributed by atoms with van der Waals surface area (Å²) in [5.74, 6) is -0.151. The summed E-state index contributed by atoms with van der Waals surface area (Å²) in [5.41, 5.74) is 4.49. The molecule has 0 unspecified atom stereocenters. The first-order valence-electron chi connectivity index (χ1n) is 8.52. The van der Waals surface area contributed by atoms with Crippen LogP contribution in [0.25, 0.3) is 0 Å². The highest BCUT2D eigenvalue weighted by atomic mass is 32.1. The summed E-state index contributed by atoms with van der Waals surface area (Å²) in [4.78, 5) is 16.7. The zero-order valence-corrected chi connectivity index (χ0v) is 15.5. The fourth-order valence-electron chi connectivity index (χ4n) is 3.15. The Hall–Kier alpha value is -2.40. The number of hydrogen-bond acceptors (Lipinski definition) is 3. The van der Waals surface area contributed by atoms with E-state index >= 15 is 0 Å². The van der Waals surface area contributed by atoms with Crippen molar-refractivity contribution < 1.29 is 4.79 Å². The molecule has 2 aromatic carbocycles. The molecule has 3 rings (SSSR count). The number of anilines is 1. The van der Waals surface area contributed by atoms with Gasteiger partial charge in [-0.15, -0.1) is 0 Å². The van der Waals surface area contributed by atoms with Crippen molar-refractivity contribution in [2.45, 2.75) is 13.8 Å². The highest BCUT2D eigenvalue weighted by Crippen LogP contribution is 2.22. The van der Waals surface area contributed by atoms with Crippen LogP contribution in [0.15, 0.2) is 48.5 Å². The lowest BCUT2D eigenvalue weighted by atomic mass is 10.1. The highest BCUT2D eigenvalue weighted by molar-refractivity contribution is 7.80. The van der Waals surface area contributed by atoms with E-state index in [1.54, 1.807) is 12.1 Å². The van der Waals surface area contributed by atoms with Gasteiger partial charge in [0.15, 0.2) is 5.11 Å². The second-order valence-corrected chi connectivity index (χ2v) is 6.78. The number of carbonyl (C=O) groups excluding carboxylic acids is 1. The first kappa shape index (κ1) is 17.4. The number of amides is 1. The van der Waals surface area contributed by atoms with Crippen molar-refractivity contribution >= 4 is 28.9 Å². The number of carbonyl (C=O) groups is 1. The van der Waals surface area contributed by atoms with E-state index in [1.807, 2.05) is 18.2 Å². The lowest BCUT2D eigenvalue weighted by molar-refractivity contribution is 0.0973. The topological polar surface area (TPSA) is 35.6 Å². The van der Waals surface area contributed by atoms with Gasteiger partial charge >= 0.3 is 0 Å². The van der Waals surface area contributed by atoms with Crippen molar-refractivity contribution in [1.82, 2.24) is 10.2 Å². The summed E-state index contributed by atoms with van der Waals surface area (Å²) >= 11 is 5.42. The minimum absolute atomic E-state index is 0.151. The van der Waals surface area contributed by atoms with Crippen LogP contribution < -0.4 is 10.2 Å². The number of aryl methyl sites for hydroxylation is 2. The van der Waals surface area contributed by atoms with Crippen LogP contribution in [-0.2, 0) is 0 Å². The number of piperazine rings is 1. The van der Waals surface area contributed by atoms with Gasteiger partial charge in [-0.2, -0.15) is 0 Å². The number of benzene rings is 2. The molecular formula is C20H23N3OS. The van der Waals surface area contributed by atoms with Crippen molar-refractivity contribution in [3.8, 4) is 0 Å². The molecule has 25 heavy (non-hydrogen) atoms. The molecular weight excluding hydrogens is 330 g/mol. The average molecular weight is 353 g/mol. The molecule has 0 radical (unpaired) electrons. The van der Waals surface area contributed by atoms with Crippen LogP contribution in [0.2, 0.25) is 0 Å². The zero-order valence-electron chi connectivity index (χ0n) is 14.7. The van der Waals surface area contributed by atoms with E-state index in [2.05, 4.69) is 47.2 Å². The lowest BCUT2D eigenvalue weighted by Crippen LogP contribution is -2.52. The smallest absolute Gasteiger partial charge is 0.257 e. The molecule has 1 aliphatic rings. The Labute approximate surface area is 154 Å². The van der Waals surface area contributed by atoms with E-state index in [1.165, 1.54) is 16.8 Å². The van der Waals surface area contributed by atoms with E-state index in [-0.39, 0.29) is 5.91 Å². The maximum absolute atomic E-state index is 12.2.